The lowest BCUT2D eigenvalue weighted by molar-refractivity contribution is 0.135. The molecule has 0 radical (unpaired) electrons. The van der Waals surface area contributed by atoms with Gasteiger partial charge in [-0.05, 0) is 25.3 Å². The molecule has 0 aliphatic carbocycles. The van der Waals surface area contributed by atoms with Crippen LogP contribution in [0.15, 0.2) is 0 Å². The topological polar surface area (TPSA) is 104 Å². The van der Waals surface area contributed by atoms with E-state index in [9.17, 15) is 0 Å². The highest BCUT2D eigenvalue weighted by molar-refractivity contribution is 4.88. The lowest BCUT2D eigenvalue weighted by Gasteiger charge is -2.39. The van der Waals surface area contributed by atoms with Crippen molar-refractivity contribution in [1.29, 1.82) is 0 Å². The maximum atomic E-state index is 5.68. The van der Waals surface area contributed by atoms with Crippen LogP contribution in [0.25, 0.3) is 0 Å². The summed E-state index contributed by atoms with van der Waals surface area (Å²) in [6.45, 7) is 6.81. The van der Waals surface area contributed by atoms with E-state index in [0.29, 0.717) is 12.5 Å². The van der Waals surface area contributed by atoms with Crippen molar-refractivity contribution in [2.75, 3.05) is 6.54 Å². The third-order valence-electron chi connectivity index (χ3n) is 2.69. The van der Waals surface area contributed by atoms with Crippen LogP contribution >= 0.6 is 0 Å². The summed E-state index contributed by atoms with van der Waals surface area (Å²) in [4.78, 5) is 0. The predicted octanol–water partition coefficient (Wildman–Crippen LogP) is -0.0825. The van der Waals surface area contributed by atoms with Gasteiger partial charge in [-0.15, -0.1) is 0 Å². The van der Waals surface area contributed by atoms with E-state index in [1.807, 2.05) is 13.8 Å². The summed E-state index contributed by atoms with van der Waals surface area (Å²) in [7, 11) is 0. The molecule has 80 valence electrons. The van der Waals surface area contributed by atoms with E-state index in [4.69, 9.17) is 22.9 Å². The molecule has 0 fully saturated rings. The monoisotopic (exact) mass is 188 g/mol. The van der Waals surface area contributed by atoms with Gasteiger partial charge in [0, 0.05) is 5.41 Å². The minimum absolute atomic E-state index is 0.262. The molecule has 4 nitrogen and oxygen atoms in total. The first-order valence-corrected chi connectivity index (χ1v) is 4.77. The summed E-state index contributed by atoms with van der Waals surface area (Å²) in [5, 5.41) is 0. The number of nitrogens with two attached hydrogens (primary N) is 4. The molecule has 0 aliphatic rings. The minimum atomic E-state index is -1.12. The van der Waals surface area contributed by atoms with Crippen molar-refractivity contribution in [2.45, 2.75) is 39.4 Å². The Labute approximate surface area is 81.0 Å². The average Bonchev–Trinajstić information content (AvgIpc) is 1.83. The van der Waals surface area contributed by atoms with E-state index >= 15 is 0 Å². The first-order valence-electron chi connectivity index (χ1n) is 4.77. The van der Waals surface area contributed by atoms with E-state index in [1.54, 1.807) is 0 Å². The second-order valence-corrected chi connectivity index (χ2v) is 4.70. The van der Waals surface area contributed by atoms with Gasteiger partial charge in [0.1, 0.15) is 5.79 Å². The fourth-order valence-corrected chi connectivity index (χ4v) is 1.43. The van der Waals surface area contributed by atoms with Crippen LogP contribution in [0.4, 0.5) is 0 Å². The fourth-order valence-electron chi connectivity index (χ4n) is 1.43. The van der Waals surface area contributed by atoms with Crippen molar-refractivity contribution in [1.82, 2.24) is 0 Å². The molecule has 13 heavy (non-hydrogen) atoms. The van der Waals surface area contributed by atoms with Gasteiger partial charge in [0.2, 0.25) is 0 Å². The summed E-state index contributed by atoms with van der Waals surface area (Å²) in [5.74, 6) is -0.606. The van der Waals surface area contributed by atoms with E-state index < -0.39 is 5.79 Å². The molecule has 0 aliphatic heterocycles. The zero-order valence-corrected chi connectivity index (χ0v) is 9.01. The van der Waals surface area contributed by atoms with Crippen LogP contribution in [0.2, 0.25) is 0 Å². The molecule has 1 atom stereocenters. The van der Waals surface area contributed by atoms with Crippen molar-refractivity contribution in [3.8, 4) is 0 Å². The Balaban J connectivity index is 4.17. The Bertz CT molecular complexity index is 148. The number of hydrogen-bond donors (Lipinski definition) is 4. The molecule has 8 N–H and O–H groups in total. The van der Waals surface area contributed by atoms with Crippen molar-refractivity contribution in [2.24, 2.45) is 34.3 Å². The zero-order valence-electron chi connectivity index (χ0n) is 9.01. The van der Waals surface area contributed by atoms with Crippen molar-refractivity contribution < 1.29 is 0 Å². The lowest BCUT2D eigenvalue weighted by atomic mass is 9.77. The number of hydrogen-bond acceptors (Lipinski definition) is 4. The summed E-state index contributed by atoms with van der Waals surface area (Å²) in [6, 6.07) is 0. The van der Waals surface area contributed by atoms with Gasteiger partial charge < -0.3 is 22.9 Å². The van der Waals surface area contributed by atoms with Crippen LogP contribution in [0, 0.1) is 11.3 Å². The van der Waals surface area contributed by atoms with Crippen LogP contribution in [0.5, 0.6) is 0 Å². The molecule has 0 saturated heterocycles. The molecule has 0 aromatic carbocycles. The molecule has 0 amide bonds. The van der Waals surface area contributed by atoms with Gasteiger partial charge >= 0.3 is 0 Å². The molecule has 0 rings (SSSR count). The molecule has 4 heteroatoms. The van der Waals surface area contributed by atoms with Crippen molar-refractivity contribution >= 4 is 0 Å². The predicted molar refractivity (Wildman–Crippen MR) is 56.5 cm³/mol. The van der Waals surface area contributed by atoms with E-state index in [0.717, 1.165) is 12.8 Å². The van der Waals surface area contributed by atoms with Crippen molar-refractivity contribution in [3.05, 3.63) is 0 Å². The molecule has 0 aromatic heterocycles. The second kappa shape index (κ2) is 4.37. The molecular formula is C9H24N4. The molecule has 1 unspecified atom stereocenters. The highest BCUT2D eigenvalue weighted by Crippen LogP contribution is 2.30. The highest BCUT2D eigenvalue weighted by Gasteiger charge is 2.35. The summed E-state index contributed by atoms with van der Waals surface area (Å²) < 4.78 is 0. The van der Waals surface area contributed by atoms with Gasteiger partial charge in [-0.1, -0.05) is 20.8 Å². The molecule has 0 aromatic rings. The van der Waals surface area contributed by atoms with Gasteiger partial charge in [0.15, 0.2) is 0 Å². The van der Waals surface area contributed by atoms with Gasteiger partial charge in [0.25, 0.3) is 0 Å². The van der Waals surface area contributed by atoms with Gasteiger partial charge in [-0.3, -0.25) is 0 Å². The molecule has 0 spiro atoms. The minimum Gasteiger partial charge on any atom is -0.330 e. The van der Waals surface area contributed by atoms with Gasteiger partial charge in [-0.25, -0.2) is 0 Å². The van der Waals surface area contributed by atoms with Crippen LogP contribution in [-0.2, 0) is 0 Å². The lowest BCUT2D eigenvalue weighted by Crippen LogP contribution is -2.67. The zero-order chi connectivity index (χ0) is 10.7. The Morgan fingerprint density at radius 2 is 1.62 bits per heavy atom. The fraction of sp³-hybridized carbons (Fsp3) is 1.00. The number of rotatable bonds is 5. The second-order valence-electron chi connectivity index (χ2n) is 4.70. The average molecular weight is 188 g/mol. The molecule has 0 saturated carbocycles. The maximum Gasteiger partial charge on any atom is 0.121 e. The van der Waals surface area contributed by atoms with Crippen LogP contribution < -0.4 is 22.9 Å². The molecular weight excluding hydrogens is 164 g/mol. The Morgan fingerprint density at radius 1 is 1.15 bits per heavy atom. The first kappa shape index (κ1) is 12.8. The van der Waals surface area contributed by atoms with Crippen molar-refractivity contribution in [3.63, 3.8) is 0 Å². The van der Waals surface area contributed by atoms with Gasteiger partial charge in [-0.2, -0.15) is 0 Å². The standard InChI is InChI=1S/C9H24N4/c1-7(4-5-10)6-8(2,3)9(11,12)13/h7H,4-6,10-13H2,1-3H3. The third kappa shape index (κ3) is 4.04. The van der Waals surface area contributed by atoms with Crippen LogP contribution in [-0.4, -0.2) is 12.3 Å². The quantitative estimate of drug-likeness (QED) is 0.453. The van der Waals surface area contributed by atoms with E-state index in [-0.39, 0.29) is 5.41 Å². The SMILES string of the molecule is CC(CCN)CC(C)(C)C(N)(N)N. The molecule has 0 bridgehead atoms. The summed E-state index contributed by atoms with van der Waals surface area (Å²) in [6.07, 6.45) is 1.88. The van der Waals surface area contributed by atoms with E-state index in [1.165, 1.54) is 0 Å². The Hall–Kier alpha value is -0.160. The van der Waals surface area contributed by atoms with E-state index in [2.05, 4.69) is 6.92 Å². The molecule has 0 heterocycles. The maximum absolute atomic E-state index is 5.68. The summed E-state index contributed by atoms with van der Waals surface area (Å²) >= 11 is 0. The summed E-state index contributed by atoms with van der Waals surface area (Å²) in [5.41, 5.74) is 22.2. The Kier molecular flexibility index (Phi) is 4.32. The van der Waals surface area contributed by atoms with Crippen LogP contribution in [0.3, 0.4) is 0 Å². The smallest absolute Gasteiger partial charge is 0.121 e. The third-order valence-corrected chi connectivity index (χ3v) is 2.69. The Morgan fingerprint density at radius 3 is 1.92 bits per heavy atom. The first-order chi connectivity index (χ1) is 5.70. The normalized spacial score (nSPS) is 15.9. The van der Waals surface area contributed by atoms with Gasteiger partial charge in [0.05, 0.1) is 0 Å². The van der Waals surface area contributed by atoms with Crippen LogP contribution in [0.1, 0.15) is 33.6 Å². The largest absolute Gasteiger partial charge is 0.330 e. The highest BCUT2D eigenvalue weighted by atomic mass is 15.1.